The number of halogens is 1. The molecule has 1 aliphatic rings. The number of imidazole rings is 1. The van der Waals surface area contributed by atoms with E-state index in [1.54, 1.807) is 12.5 Å². The van der Waals surface area contributed by atoms with Gasteiger partial charge < -0.3 is 20.1 Å². The summed E-state index contributed by atoms with van der Waals surface area (Å²) in [6.45, 7) is 3.74. The third-order valence-corrected chi connectivity index (χ3v) is 4.98. The van der Waals surface area contributed by atoms with Crippen LogP contribution in [0.25, 0.3) is 5.69 Å². The third-order valence-electron chi connectivity index (χ3n) is 4.98. The smallest absolute Gasteiger partial charge is 0.191 e. The fourth-order valence-corrected chi connectivity index (χ4v) is 3.41. The summed E-state index contributed by atoms with van der Waals surface area (Å²) in [5.74, 6) is 0.342. The standard InChI is InChI=1S/C21H23FN6/c22-18-5-7-19(8-6-18)26-11-13-27(14-12-26)21(23)25-15-17-3-1-2-4-20(17)28-10-9-24-16-28/h1-10,16H,11-15H2,(H2,23,25). The number of nitrogens with two attached hydrogens (primary N) is 1. The van der Waals surface area contributed by atoms with E-state index in [-0.39, 0.29) is 5.82 Å². The summed E-state index contributed by atoms with van der Waals surface area (Å²) >= 11 is 0. The van der Waals surface area contributed by atoms with E-state index in [1.807, 2.05) is 41.1 Å². The van der Waals surface area contributed by atoms with E-state index in [0.717, 1.165) is 43.1 Å². The second-order valence-corrected chi connectivity index (χ2v) is 6.72. The van der Waals surface area contributed by atoms with Gasteiger partial charge in [-0.1, -0.05) is 18.2 Å². The van der Waals surface area contributed by atoms with Crippen LogP contribution in [0.2, 0.25) is 0 Å². The highest BCUT2D eigenvalue weighted by atomic mass is 19.1. The van der Waals surface area contributed by atoms with Crippen molar-refractivity contribution in [3.8, 4) is 5.69 Å². The van der Waals surface area contributed by atoms with Gasteiger partial charge in [0.15, 0.2) is 5.96 Å². The van der Waals surface area contributed by atoms with E-state index in [9.17, 15) is 4.39 Å². The predicted octanol–water partition coefficient (Wildman–Crippen LogP) is 2.65. The number of anilines is 1. The van der Waals surface area contributed by atoms with Crippen LogP contribution in [0.1, 0.15) is 5.56 Å². The van der Waals surface area contributed by atoms with Crippen molar-refractivity contribution in [2.75, 3.05) is 31.1 Å². The average Bonchev–Trinajstić information content (AvgIpc) is 3.28. The monoisotopic (exact) mass is 378 g/mol. The van der Waals surface area contributed by atoms with Crippen molar-refractivity contribution in [2.24, 2.45) is 10.7 Å². The molecule has 6 nitrogen and oxygen atoms in total. The lowest BCUT2D eigenvalue weighted by molar-refractivity contribution is 0.380. The van der Waals surface area contributed by atoms with Crippen LogP contribution in [-0.4, -0.2) is 46.6 Å². The molecule has 3 aromatic rings. The highest BCUT2D eigenvalue weighted by Crippen LogP contribution is 2.18. The molecule has 2 aromatic carbocycles. The molecule has 4 rings (SSSR count). The fraction of sp³-hybridized carbons (Fsp3) is 0.238. The molecule has 1 saturated heterocycles. The minimum Gasteiger partial charge on any atom is -0.370 e. The Labute approximate surface area is 163 Å². The van der Waals surface area contributed by atoms with Crippen molar-refractivity contribution >= 4 is 11.6 Å². The molecule has 0 unspecified atom stereocenters. The first-order valence-electron chi connectivity index (χ1n) is 9.32. The second-order valence-electron chi connectivity index (χ2n) is 6.72. The minimum absolute atomic E-state index is 0.213. The van der Waals surface area contributed by atoms with Gasteiger partial charge in [0.05, 0.1) is 18.6 Å². The molecule has 1 aliphatic heterocycles. The van der Waals surface area contributed by atoms with E-state index in [0.29, 0.717) is 12.5 Å². The maximum absolute atomic E-state index is 13.1. The number of guanidine groups is 1. The van der Waals surface area contributed by atoms with Crippen molar-refractivity contribution in [1.29, 1.82) is 0 Å². The molecule has 144 valence electrons. The number of para-hydroxylation sites is 1. The fourth-order valence-electron chi connectivity index (χ4n) is 3.41. The van der Waals surface area contributed by atoms with Crippen molar-refractivity contribution < 1.29 is 4.39 Å². The molecule has 28 heavy (non-hydrogen) atoms. The van der Waals surface area contributed by atoms with Gasteiger partial charge in [-0.15, -0.1) is 0 Å². The average molecular weight is 378 g/mol. The molecule has 0 atom stereocenters. The van der Waals surface area contributed by atoms with Crippen LogP contribution in [0.3, 0.4) is 0 Å². The zero-order chi connectivity index (χ0) is 19.3. The molecule has 0 spiro atoms. The first kappa shape index (κ1) is 18.0. The Hall–Kier alpha value is -3.35. The Morgan fingerprint density at radius 3 is 2.50 bits per heavy atom. The molecule has 0 aliphatic carbocycles. The van der Waals surface area contributed by atoms with Gasteiger partial charge >= 0.3 is 0 Å². The number of hydrogen-bond acceptors (Lipinski definition) is 3. The summed E-state index contributed by atoms with van der Waals surface area (Å²) in [5, 5.41) is 0. The first-order valence-corrected chi connectivity index (χ1v) is 9.32. The zero-order valence-electron chi connectivity index (χ0n) is 15.6. The molecule has 1 fully saturated rings. The summed E-state index contributed by atoms with van der Waals surface area (Å²) in [5.41, 5.74) is 9.44. The van der Waals surface area contributed by atoms with Crippen LogP contribution >= 0.6 is 0 Å². The number of benzene rings is 2. The molecule has 2 N–H and O–H groups in total. The summed E-state index contributed by atoms with van der Waals surface area (Å²) in [7, 11) is 0. The Morgan fingerprint density at radius 1 is 1.04 bits per heavy atom. The van der Waals surface area contributed by atoms with Gasteiger partial charge in [0, 0.05) is 44.3 Å². The van der Waals surface area contributed by atoms with Crippen molar-refractivity contribution in [1.82, 2.24) is 14.5 Å². The Morgan fingerprint density at radius 2 is 1.79 bits per heavy atom. The largest absolute Gasteiger partial charge is 0.370 e. The molecular formula is C21H23FN6. The van der Waals surface area contributed by atoms with Gasteiger partial charge in [0.1, 0.15) is 5.82 Å². The zero-order valence-corrected chi connectivity index (χ0v) is 15.6. The molecule has 0 bridgehead atoms. The lowest BCUT2D eigenvalue weighted by atomic mass is 10.2. The quantitative estimate of drug-likeness (QED) is 0.560. The molecule has 7 heteroatoms. The van der Waals surface area contributed by atoms with Gasteiger partial charge in [-0.2, -0.15) is 0 Å². The van der Waals surface area contributed by atoms with Crippen molar-refractivity contribution in [2.45, 2.75) is 6.54 Å². The van der Waals surface area contributed by atoms with E-state index in [1.165, 1.54) is 12.1 Å². The normalized spacial score (nSPS) is 15.1. The molecule has 0 radical (unpaired) electrons. The Balaban J connectivity index is 1.39. The maximum Gasteiger partial charge on any atom is 0.191 e. The number of hydrogen-bond donors (Lipinski definition) is 1. The Kier molecular flexibility index (Phi) is 5.23. The van der Waals surface area contributed by atoms with Crippen molar-refractivity contribution in [3.05, 3.63) is 78.6 Å². The lowest BCUT2D eigenvalue weighted by Gasteiger charge is -2.36. The van der Waals surface area contributed by atoms with Crippen LogP contribution in [0.5, 0.6) is 0 Å². The minimum atomic E-state index is -0.213. The molecule has 0 amide bonds. The highest BCUT2D eigenvalue weighted by molar-refractivity contribution is 5.78. The summed E-state index contributed by atoms with van der Waals surface area (Å²) < 4.78 is 15.1. The van der Waals surface area contributed by atoms with Gasteiger partial charge in [0.2, 0.25) is 0 Å². The topological polar surface area (TPSA) is 62.7 Å². The maximum atomic E-state index is 13.1. The van der Waals surface area contributed by atoms with Gasteiger partial charge in [-0.05, 0) is 35.9 Å². The molecular weight excluding hydrogens is 355 g/mol. The van der Waals surface area contributed by atoms with E-state index in [4.69, 9.17) is 5.73 Å². The lowest BCUT2D eigenvalue weighted by Crippen LogP contribution is -2.51. The molecule has 1 aromatic heterocycles. The number of aliphatic imine (C=N–C) groups is 1. The highest BCUT2D eigenvalue weighted by Gasteiger charge is 2.18. The Bertz CT molecular complexity index is 928. The van der Waals surface area contributed by atoms with E-state index in [2.05, 4.69) is 25.8 Å². The summed E-state index contributed by atoms with van der Waals surface area (Å²) in [4.78, 5) is 13.1. The van der Waals surface area contributed by atoms with Crippen LogP contribution in [-0.2, 0) is 6.54 Å². The predicted molar refractivity (Wildman–Crippen MR) is 109 cm³/mol. The van der Waals surface area contributed by atoms with Crippen LogP contribution in [0.4, 0.5) is 10.1 Å². The third kappa shape index (κ3) is 3.98. The van der Waals surface area contributed by atoms with Gasteiger partial charge in [-0.25, -0.2) is 14.4 Å². The number of aromatic nitrogens is 2. The molecule has 2 heterocycles. The van der Waals surface area contributed by atoms with E-state index >= 15 is 0 Å². The summed E-state index contributed by atoms with van der Waals surface area (Å²) in [6, 6.07) is 14.7. The second kappa shape index (κ2) is 8.12. The summed E-state index contributed by atoms with van der Waals surface area (Å²) in [6.07, 6.45) is 5.45. The first-order chi connectivity index (χ1) is 13.7. The van der Waals surface area contributed by atoms with Crippen molar-refractivity contribution in [3.63, 3.8) is 0 Å². The van der Waals surface area contributed by atoms with Gasteiger partial charge in [0.25, 0.3) is 0 Å². The molecule has 0 saturated carbocycles. The number of rotatable bonds is 4. The van der Waals surface area contributed by atoms with Gasteiger partial charge in [-0.3, -0.25) is 0 Å². The number of piperazine rings is 1. The van der Waals surface area contributed by atoms with Crippen LogP contribution in [0.15, 0.2) is 72.2 Å². The van der Waals surface area contributed by atoms with Crippen LogP contribution in [0, 0.1) is 5.82 Å². The van der Waals surface area contributed by atoms with Crippen LogP contribution < -0.4 is 10.6 Å². The van der Waals surface area contributed by atoms with E-state index < -0.39 is 0 Å². The SMILES string of the molecule is NC(=NCc1ccccc1-n1ccnc1)N1CCN(c2ccc(F)cc2)CC1. The number of nitrogens with zero attached hydrogens (tertiary/aromatic N) is 5.